The second kappa shape index (κ2) is 5.04. The molecule has 2 bridgehead atoms. The number of fused-ring (bicyclic) bond motifs is 2. The van der Waals surface area contributed by atoms with Crippen molar-refractivity contribution in [2.75, 3.05) is 6.54 Å². The first-order chi connectivity index (χ1) is 7.74. The summed E-state index contributed by atoms with van der Waals surface area (Å²) < 4.78 is 0. The smallest absolute Gasteiger partial charge is 0.156 e. The van der Waals surface area contributed by atoms with Crippen LogP contribution in [0, 0.1) is 17.8 Å². The van der Waals surface area contributed by atoms with E-state index in [1.807, 2.05) is 0 Å². The highest BCUT2D eigenvalue weighted by Gasteiger charge is 2.39. The van der Waals surface area contributed by atoms with E-state index in [9.17, 15) is 0 Å². The maximum atomic E-state index is 8.66. The second-order valence-corrected chi connectivity index (χ2v) is 5.33. The fraction of sp³-hybridized carbons (Fsp3) is 0.917. The zero-order chi connectivity index (χ0) is 11.5. The lowest BCUT2D eigenvalue weighted by atomic mass is 9.88. The fourth-order valence-electron chi connectivity index (χ4n) is 3.45. The molecule has 0 radical (unpaired) electrons. The van der Waals surface area contributed by atoms with Gasteiger partial charge >= 0.3 is 0 Å². The van der Waals surface area contributed by atoms with Gasteiger partial charge in [-0.15, -0.1) is 0 Å². The molecular formula is C12H23N3O. The highest BCUT2D eigenvalue weighted by Crippen LogP contribution is 2.47. The van der Waals surface area contributed by atoms with E-state index in [-0.39, 0.29) is 6.04 Å². The van der Waals surface area contributed by atoms with E-state index in [0.717, 1.165) is 30.7 Å². The zero-order valence-electron chi connectivity index (χ0n) is 10.0. The molecule has 2 aliphatic carbocycles. The summed E-state index contributed by atoms with van der Waals surface area (Å²) in [6, 6.07) is 0.0316. The number of oxime groups is 1. The molecule has 2 fully saturated rings. The second-order valence-electron chi connectivity index (χ2n) is 5.33. The van der Waals surface area contributed by atoms with Gasteiger partial charge in [0.25, 0.3) is 0 Å². The Morgan fingerprint density at radius 3 is 2.81 bits per heavy atom. The number of hydrogen-bond donors (Lipinski definition) is 3. The number of rotatable bonds is 5. The molecule has 0 aromatic heterocycles. The van der Waals surface area contributed by atoms with Gasteiger partial charge in [0, 0.05) is 0 Å². The Bertz CT molecular complexity index is 267. The molecule has 0 aromatic carbocycles. The maximum Gasteiger partial charge on any atom is 0.156 e. The quantitative estimate of drug-likeness (QED) is 0.288. The van der Waals surface area contributed by atoms with Crippen molar-refractivity contribution in [2.45, 2.75) is 45.1 Å². The van der Waals surface area contributed by atoms with E-state index >= 15 is 0 Å². The van der Waals surface area contributed by atoms with Crippen LogP contribution in [0.1, 0.15) is 39.0 Å². The van der Waals surface area contributed by atoms with E-state index in [1.54, 1.807) is 0 Å². The summed E-state index contributed by atoms with van der Waals surface area (Å²) in [5, 5.41) is 15.2. The Morgan fingerprint density at radius 1 is 1.50 bits per heavy atom. The minimum atomic E-state index is 0.0316. The third kappa shape index (κ3) is 2.32. The largest absolute Gasteiger partial charge is 0.409 e. The molecule has 4 unspecified atom stereocenters. The van der Waals surface area contributed by atoms with Crippen LogP contribution in [0.2, 0.25) is 0 Å². The lowest BCUT2D eigenvalue weighted by molar-refractivity contribution is 0.302. The summed E-state index contributed by atoms with van der Waals surface area (Å²) in [6.45, 7) is 3.08. The van der Waals surface area contributed by atoms with Gasteiger partial charge in [-0.05, 0) is 50.0 Å². The Labute approximate surface area is 97.3 Å². The molecule has 2 rings (SSSR count). The average Bonchev–Trinajstić information content (AvgIpc) is 2.91. The van der Waals surface area contributed by atoms with Gasteiger partial charge in [-0.2, -0.15) is 0 Å². The summed E-state index contributed by atoms with van der Waals surface area (Å²) in [4.78, 5) is 0. The topological polar surface area (TPSA) is 70.6 Å². The van der Waals surface area contributed by atoms with Crippen LogP contribution in [0.3, 0.4) is 0 Å². The SMILES string of the molecule is CCC(NCC1CC2CCC1C2)C(N)=NO. The number of nitrogens with one attached hydrogen (secondary N) is 1. The van der Waals surface area contributed by atoms with Gasteiger partial charge in [-0.3, -0.25) is 0 Å². The van der Waals surface area contributed by atoms with Gasteiger partial charge in [0.2, 0.25) is 0 Å². The Hall–Kier alpha value is -0.770. The molecule has 4 N–H and O–H groups in total. The molecule has 92 valence electrons. The lowest BCUT2D eigenvalue weighted by Crippen LogP contribution is -2.43. The monoisotopic (exact) mass is 225 g/mol. The molecular weight excluding hydrogens is 202 g/mol. The van der Waals surface area contributed by atoms with Gasteiger partial charge in [0.15, 0.2) is 5.84 Å². The van der Waals surface area contributed by atoms with Crippen molar-refractivity contribution in [1.29, 1.82) is 0 Å². The number of nitrogens with two attached hydrogens (primary N) is 1. The normalized spacial score (nSPS) is 35.6. The van der Waals surface area contributed by atoms with Crippen molar-refractivity contribution < 1.29 is 5.21 Å². The van der Waals surface area contributed by atoms with Crippen molar-refractivity contribution >= 4 is 5.84 Å². The Balaban J connectivity index is 1.78. The standard InChI is InChI=1S/C12H23N3O/c1-2-11(12(13)15-16)14-7-10-6-8-3-4-9(10)5-8/h8-11,14,16H,2-7H2,1H3,(H2,13,15). The first-order valence-electron chi connectivity index (χ1n) is 6.45. The highest BCUT2D eigenvalue weighted by molar-refractivity contribution is 5.85. The van der Waals surface area contributed by atoms with Crippen molar-refractivity contribution in [1.82, 2.24) is 5.32 Å². The summed E-state index contributed by atoms with van der Waals surface area (Å²) >= 11 is 0. The van der Waals surface area contributed by atoms with Crippen LogP contribution in [0.15, 0.2) is 5.16 Å². The van der Waals surface area contributed by atoms with Gasteiger partial charge in [-0.1, -0.05) is 18.5 Å². The van der Waals surface area contributed by atoms with E-state index < -0.39 is 0 Å². The maximum absolute atomic E-state index is 8.66. The van der Waals surface area contributed by atoms with Gasteiger partial charge in [0.1, 0.15) is 0 Å². The van der Waals surface area contributed by atoms with Crippen LogP contribution in [0.25, 0.3) is 0 Å². The van der Waals surface area contributed by atoms with Crippen molar-refractivity contribution in [2.24, 2.45) is 28.6 Å². The van der Waals surface area contributed by atoms with Crippen LogP contribution in [0.5, 0.6) is 0 Å². The minimum absolute atomic E-state index is 0.0316. The van der Waals surface area contributed by atoms with E-state index in [4.69, 9.17) is 10.9 Å². The molecule has 0 spiro atoms. The summed E-state index contributed by atoms with van der Waals surface area (Å²) in [7, 11) is 0. The molecule has 0 aromatic rings. The predicted octanol–water partition coefficient (Wildman–Crippen LogP) is 1.54. The fourth-order valence-corrected chi connectivity index (χ4v) is 3.45. The molecule has 4 atom stereocenters. The Morgan fingerprint density at radius 2 is 2.31 bits per heavy atom. The minimum Gasteiger partial charge on any atom is -0.409 e. The van der Waals surface area contributed by atoms with Crippen molar-refractivity contribution in [3.63, 3.8) is 0 Å². The van der Waals surface area contributed by atoms with Crippen LogP contribution in [-0.2, 0) is 0 Å². The number of nitrogens with zero attached hydrogens (tertiary/aromatic N) is 1. The molecule has 0 heterocycles. The third-order valence-electron chi connectivity index (χ3n) is 4.39. The summed E-state index contributed by atoms with van der Waals surface area (Å²) in [6.07, 6.45) is 6.55. The summed E-state index contributed by atoms with van der Waals surface area (Å²) in [5.74, 6) is 3.05. The van der Waals surface area contributed by atoms with Crippen LogP contribution >= 0.6 is 0 Å². The van der Waals surface area contributed by atoms with Crippen LogP contribution < -0.4 is 11.1 Å². The van der Waals surface area contributed by atoms with E-state index in [0.29, 0.717) is 5.84 Å². The molecule has 2 aliphatic rings. The number of hydrogen-bond acceptors (Lipinski definition) is 3. The molecule has 4 heteroatoms. The first kappa shape index (κ1) is 11.7. The molecule has 16 heavy (non-hydrogen) atoms. The lowest BCUT2D eigenvalue weighted by Gasteiger charge is -2.24. The van der Waals surface area contributed by atoms with Crippen LogP contribution in [0.4, 0.5) is 0 Å². The number of amidine groups is 1. The predicted molar refractivity (Wildman–Crippen MR) is 64.4 cm³/mol. The van der Waals surface area contributed by atoms with Crippen molar-refractivity contribution in [3.8, 4) is 0 Å². The molecule has 0 amide bonds. The molecule has 0 saturated heterocycles. The van der Waals surface area contributed by atoms with Gasteiger partial charge < -0.3 is 16.3 Å². The van der Waals surface area contributed by atoms with Gasteiger partial charge in [-0.25, -0.2) is 0 Å². The average molecular weight is 225 g/mol. The van der Waals surface area contributed by atoms with Gasteiger partial charge in [0.05, 0.1) is 6.04 Å². The highest BCUT2D eigenvalue weighted by atomic mass is 16.4. The Kier molecular flexibility index (Phi) is 3.69. The third-order valence-corrected chi connectivity index (χ3v) is 4.39. The van der Waals surface area contributed by atoms with Crippen LogP contribution in [-0.4, -0.2) is 23.6 Å². The zero-order valence-corrected chi connectivity index (χ0v) is 10.0. The summed E-state index contributed by atoms with van der Waals surface area (Å²) in [5.41, 5.74) is 5.63. The van der Waals surface area contributed by atoms with E-state index in [1.165, 1.54) is 25.7 Å². The molecule has 2 saturated carbocycles. The van der Waals surface area contributed by atoms with E-state index in [2.05, 4.69) is 17.4 Å². The van der Waals surface area contributed by atoms with Crippen molar-refractivity contribution in [3.05, 3.63) is 0 Å². The first-order valence-corrected chi connectivity index (χ1v) is 6.45. The molecule has 4 nitrogen and oxygen atoms in total. The molecule has 0 aliphatic heterocycles.